The van der Waals surface area contributed by atoms with E-state index >= 15 is 0 Å². The molecule has 2 unspecified atom stereocenters. The number of aryl methyl sites for hydroxylation is 1. The quantitative estimate of drug-likeness (QED) is 0.845. The van der Waals surface area contributed by atoms with Gasteiger partial charge in [-0.05, 0) is 43.5 Å². The Kier molecular flexibility index (Phi) is 3.74. The predicted molar refractivity (Wildman–Crippen MR) is 78.6 cm³/mol. The number of ether oxygens (including phenoxy) is 2. The largest absolute Gasteiger partial charge is 0.399 e. The molecule has 0 amide bonds. The van der Waals surface area contributed by atoms with Crippen molar-refractivity contribution in [2.24, 2.45) is 0 Å². The number of rotatable bonds is 2. The van der Waals surface area contributed by atoms with Crippen LogP contribution >= 0.6 is 11.8 Å². The maximum Gasteiger partial charge on any atom is 0.0947 e. The average molecular weight is 279 g/mol. The van der Waals surface area contributed by atoms with E-state index in [1.54, 1.807) is 0 Å². The molecule has 104 valence electrons. The molecule has 19 heavy (non-hydrogen) atoms. The predicted octanol–water partition coefficient (Wildman–Crippen LogP) is 3.01. The Bertz CT molecular complexity index is 457. The fourth-order valence-electron chi connectivity index (χ4n) is 2.93. The third-order valence-corrected chi connectivity index (χ3v) is 5.46. The highest BCUT2D eigenvalue weighted by molar-refractivity contribution is 8.00. The fourth-order valence-corrected chi connectivity index (χ4v) is 4.28. The van der Waals surface area contributed by atoms with Crippen LogP contribution in [0.25, 0.3) is 0 Å². The molecule has 2 heterocycles. The van der Waals surface area contributed by atoms with Gasteiger partial charge in [-0.15, -0.1) is 11.8 Å². The highest BCUT2D eigenvalue weighted by Gasteiger charge is 2.41. The van der Waals surface area contributed by atoms with Gasteiger partial charge in [0, 0.05) is 35.5 Å². The minimum absolute atomic E-state index is 0.00235. The zero-order chi connectivity index (χ0) is 13.3. The monoisotopic (exact) mass is 279 g/mol. The van der Waals surface area contributed by atoms with E-state index in [2.05, 4.69) is 19.1 Å². The van der Waals surface area contributed by atoms with Crippen LogP contribution in [0.2, 0.25) is 0 Å². The van der Waals surface area contributed by atoms with Crippen LogP contribution < -0.4 is 5.73 Å². The maximum atomic E-state index is 5.99. The van der Waals surface area contributed by atoms with Gasteiger partial charge in [0.2, 0.25) is 0 Å². The topological polar surface area (TPSA) is 44.5 Å². The number of nitrogen functional groups attached to an aromatic ring is 1. The molecule has 2 aliphatic heterocycles. The summed E-state index contributed by atoms with van der Waals surface area (Å²) in [5.41, 5.74) is 7.92. The highest BCUT2D eigenvalue weighted by atomic mass is 32.2. The summed E-state index contributed by atoms with van der Waals surface area (Å²) >= 11 is 1.97. The summed E-state index contributed by atoms with van der Waals surface area (Å²) in [7, 11) is 0. The molecule has 1 aromatic rings. The van der Waals surface area contributed by atoms with Gasteiger partial charge in [0.05, 0.1) is 12.2 Å². The molecule has 2 atom stereocenters. The van der Waals surface area contributed by atoms with E-state index in [0.29, 0.717) is 5.25 Å². The summed E-state index contributed by atoms with van der Waals surface area (Å²) in [6.07, 6.45) is 3.27. The van der Waals surface area contributed by atoms with Gasteiger partial charge in [-0.2, -0.15) is 0 Å². The number of hydrogen-bond donors (Lipinski definition) is 1. The maximum absolute atomic E-state index is 5.99. The molecule has 2 saturated heterocycles. The summed E-state index contributed by atoms with van der Waals surface area (Å²) in [6.45, 7) is 4.60. The van der Waals surface area contributed by atoms with Gasteiger partial charge in [0.15, 0.2) is 0 Å². The molecule has 2 N–H and O–H groups in total. The lowest BCUT2D eigenvalue weighted by molar-refractivity contribution is -0.0769. The first-order valence-electron chi connectivity index (χ1n) is 6.91. The van der Waals surface area contributed by atoms with Gasteiger partial charge >= 0.3 is 0 Å². The smallest absolute Gasteiger partial charge is 0.0947 e. The second kappa shape index (κ2) is 5.35. The van der Waals surface area contributed by atoms with E-state index in [9.17, 15) is 0 Å². The Labute approximate surface area is 118 Å². The summed E-state index contributed by atoms with van der Waals surface area (Å²) in [6, 6.07) is 6.18. The number of nitrogens with two attached hydrogens (primary N) is 1. The first-order chi connectivity index (χ1) is 9.17. The van der Waals surface area contributed by atoms with Gasteiger partial charge in [0.1, 0.15) is 0 Å². The number of thioether (sulfide) groups is 1. The van der Waals surface area contributed by atoms with Crippen molar-refractivity contribution in [2.45, 2.75) is 41.9 Å². The standard InChI is InChI=1S/C15H21NO2S/c1-11-8-12(16)2-3-14(11)19-13-4-6-18-15(9-13)5-7-17-10-15/h2-3,8,13H,4-7,9-10,16H2,1H3. The Hall–Kier alpha value is -0.710. The molecule has 0 aliphatic carbocycles. The summed E-state index contributed by atoms with van der Waals surface area (Å²) in [5.74, 6) is 0. The van der Waals surface area contributed by atoms with E-state index in [4.69, 9.17) is 15.2 Å². The van der Waals surface area contributed by atoms with Crippen molar-refractivity contribution in [3.8, 4) is 0 Å². The third-order valence-electron chi connectivity index (χ3n) is 4.01. The molecule has 1 aromatic carbocycles. The lowest BCUT2D eigenvalue weighted by Crippen LogP contribution is -2.41. The van der Waals surface area contributed by atoms with Gasteiger partial charge in [-0.25, -0.2) is 0 Å². The van der Waals surface area contributed by atoms with Crippen LogP contribution in [-0.2, 0) is 9.47 Å². The molecular weight excluding hydrogens is 258 g/mol. The molecule has 0 saturated carbocycles. The van der Waals surface area contributed by atoms with Crippen LogP contribution in [0, 0.1) is 6.92 Å². The van der Waals surface area contributed by atoms with Crippen LogP contribution in [0.15, 0.2) is 23.1 Å². The third kappa shape index (κ3) is 2.91. The SMILES string of the molecule is Cc1cc(N)ccc1SC1CCOC2(CCOC2)C1. The fraction of sp³-hybridized carbons (Fsp3) is 0.600. The van der Waals surface area contributed by atoms with Crippen molar-refractivity contribution in [1.82, 2.24) is 0 Å². The molecule has 3 rings (SSSR count). The zero-order valence-corrected chi connectivity index (χ0v) is 12.2. The van der Waals surface area contributed by atoms with Gasteiger partial charge < -0.3 is 15.2 Å². The summed E-state index contributed by atoms with van der Waals surface area (Å²) < 4.78 is 11.5. The number of benzene rings is 1. The number of anilines is 1. The van der Waals surface area contributed by atoms with Crippen molar-refractivity contribution in [2.75, 3.05) is 25.6 Å². The van der Waals surface area contributed by atoms with Gasteiger partial charge in [-0.1, -0.05) is 0 Å². The second-order valence-electron chi connectivity index (χ2n) is 5.59. The van der Waals surface area contributed by atoms with E-state index < -0.39 is 0 Å². The first kappa shape index (κ1) is 13.3. The van der Waals surface area contributed by atoms with Crippen molar-refractivity contribution in [1.29, 1.82) is 0 Å². The van der Waals surface area contributed by atoms with E-state index in [1.165, 1.54) is 10.5 Å². The van der Waals surface area contributed by atoms with E-state index in [1.807, 2.05) is 17.8 Å². The molecule has 0 radical (unpaired) electrons. The van der Waals surface area contributed by atoms with Crippen LogP contribution in [-0.4, -0.2) is 30.7 Å². The molecule has 3 nitrogen and oxygen atoms in total. The molecule has 4 heteroatoms. The summed E-state index contributed by atoms with van der Waals surface area (Å²) in [4.78, 5) is 1.34. The molecule has 0 bridgehead atoms. The highest BCUT2D eigenvalue weighted by Crippen LogP contribution is 2.40. The number of hydrogen-bond acceptors (Lipinski definition) is 4. The van der Waals surface area contributed by atoms with Crippen molar-refractivity contribution in [3.63, 3.8) is 0 Å². The normalized spacial score (nSPS) is 30.9. The average Bonchev–Trinajstić information content (AvgIpc) is 2.81. The van der Waals surface area contributed by atoms with E-state index in [-0.39, 0.29) is 5.60 Å². The van der Waals surface area contributed by atoms with Gasteiger partial charge in [-0.3, -0.25) is 0 Å². The lowest BCUT2D eigenvalue weighted by Gasteiger charge is -2.36. The lowest BCUT2D eigenvalue weighted by atomic mass is 9.93. The van der Waals surface area contributed by atoms with Crippen LogP contribution in [0.5, 0.6) is 0 Å². The molecule has 2 fully saturated rings. The van der Waals surface area contributed by atoms with Crippen LogP contribution in [0.4, 0.5) is 5.69 Å². The van der Waals surface area contributed by atoms with Crippen molar-refractivity contribution >= 4 is 17.4 Å². The second-order valence-corrected chi connectivity index (χ2v) is 6.93. The van der Waals surface area contributed by atoms with Gasteiger partial charge in [0.25, 0.3) is 0 Å². The van der Waals surface area contributed by atoms with Crippen LogP contribution in [0.1, 0.15) is 24.8 Å². The van der Waals surface area contributed by atoms with E-state index in [0.717, 1.165) is 44.8 Å². The first-order valence-corrected chi connectivity index (χ1v) is 7.79. The Morgan fingerprint density at radius 2 is 2.26 bits per heavy atom. The zero-order valence-electron chi connectivity index (χ0n) is 11.4. The Balaban J connectivity index is 1.69. The minimum Gasteiger partial charge on any atom is -0.399 e. The molecule has 1 spiro atoms. The molecule has 0 aromatic heterocycles. The summed E-state index contributed by atoms with van der Waals surface area (Å²) in [5, 5.41) is 0.623. The van der Waals surface area contributed by atoms with Crippen molar-refractivity contribution < 1.29 is 9.47 Å². The Morgan fingerprint density at radius 1 is 1.37 bits per heavy atom. The van der Waals surface area contributed by atoms with Crippen LogP contribution in [0.3, 0.4) is 0 Å². The Morgan fingerprint density at radius 3 is 3.00 bits per heavy atom. The molecule has 2 aliphatic rings. The minimum atomic E-state index is -0.00235. The molecular formula is C15H21NO2S. The van der Waals surface area contributed by atoms with Crippen molar-refractivity contribution in [3.05, 3.63) is 23.8 Å².